The second-order valence-electron chi connectivity index (χ2n) is 4.38. The van der Waals surface area contributed by atoms with E-state index in [0.29, 0.717) is 12.4 Å². The lowest BCUT2D eigenvalue weighted by Gasteiger charge is -2.25. The molecule has 2 nitrogen and oxygen atoms in total. The number of benzene rings is 2. The van der Waals surface area contributed by atoms with Gasteiger partial charge in [0.2, 0.25) is 0 Å². The molecule has 0 fully saturated rings. The zero-order valence-corrected chi connectivity index (χ0v) is 9.47. The lowest BCUT2D eigenvalue weighted by Crippen LogP contribution is -2.19. The lowest BCUT2D eigenvalue weighted by molar-refractivity contribution is 0.260. The summed E-state index contributed by atoms with van der Waals surface area (Å²) in [6.45, 7) is 0.634. The Morgan fingerprint density at radius 3 is 2.65 bits per heavy atom. The minimum Gasteiger partial charge on any atom is -0.508 e. The molecule has 1 aliphatic heterocycles. The molecule has 0 aliphatic carbocycles. The standard InChI is InChI=1S/C15H14O2/c16-14-7-3-2-6-13(14)12-9-11-5-1-4-8-15(11)17-10-12/h1-8,12,16H,9-10H2. The van der Waals surface area contributed by atoms with Gasteiger partial charge in [-0.2, -0.15) is 0 Å². The minimum absolute atomic E-state index is 0.242. The van der Waals surface area contributed by atoms with Crippen molar-refractivity contribution >= 4 is 0 Å². The van der Waals surface area contributed by atoms with E-state index in [1.54, 1.807) is 6.07 Å². The molecule has 1 atom stereocenters. The Morgan fingerprint density at radius 1 is 1.00 bits per heavy atom. The molecule has 0 spiro atoms. The van der Waals surface area contributed by atoms with Crippen LogP contribution in [0.3, 0.4) is 0 Å². The van der Waals surface area contributed by atoms with Crippen LogP contribution in [0.25, 0.3) is 0 Å². The fourth-order valence-electron chi connectivity index (χ4n) is 2.36. The van der Waals surface area contributed by atoms with Gasteiger partial charge in [-0.05, 0) is 24.1 Å². The van der Waals surface area contributed by atoms with Crippen LogP contribution in [0, 0.1) is 0 Å². The van der Waals surface area contributed by atoms with Gasteiger partial charge >= 0.3 is 0 Å². The Kier molecular flexibility index (Phi) is 2.48. The van der Waals surface area contributed by atoms with Gasteiger partial charge in [0.15, 0.2) is 0 Å². The number of hydrogen-bond donors (Lipinski definition) is 1. The van der Waals surface area contributed by atoms with Crippen molar-refractivity contribution in [1.29, 1.82) is 0 Å². The predicted molar refractivity (Wildman–Crippen MR) is 66.5 cm³/mol. The highest BCUT2D eigenvalue weighted by Crippen LogP contribution is 2.35. The highest BCUT2D eigenvalue weighted by atomic mass is 16.5. The summed E-state index contributed by atoms with van der Waals surface area (Å²) in [4.78, 5) is 0. The van der Waals surface area contributed by atoms with E-state index in [1.807, 2.05) is 36.4 Å². The molecule has 1 aliphatic rings. The van der Waals surface area contributed by atoms with Gasteiger partial charge in [-0.1, -0.05) is 36.4 Å². The van der Waals surface area contributed by atoms with Crippen LogP contribution in [0.15, 0.2) is 48.5 Å². The van der Waals surface area contributed by atoms with Gasteiger partial charge in [-0.25, -0.2) is 0 Å². The topological polar surface area (TPSA) is 29.5 Å². The summed E-state index contributed by atoms with van der Waals surface area (Å²) in [7, 11) is 0. The summed E-state index contributed by atoms with van der Waals surface area (Å²) < 4.78 is 5.73. The maximum absolute atomic E-state index is 9.86. The first-order valence-electron chi connectivity index (χ1n) is 5.83. The van der Waals surface area contributed by atoms with E-state index < -0.39 is 0 Å². The fraction of sp³-hybridized carbons (Fsp3) is 0.200. The van der Waals surface area contributed by atoms with Crippen LogP contribution < -0.4 is 4.74 Å². The first kappa shape index (κ1) is 10.2. The Hall–Kier alpha value is -1.96. The van der Waals surface area contributed by atoms with Gasteiger partial charge in [-0.3, -0.25) is 0 Å². The highest BCUT2D eigenvalue weighted by Gasteiger charge is 2.22. The smallest absolute Gasteiger partial charge is 0.122 e. The molecule has 1 unspecified atom stereocenters. The third-order valence-electron chi connectivity index (χ3n) is 3.26. The first-order valence-corrected chi connectivity index (χ1v) is 5.83. The molecule has 2 aromatic rings. The van der Waals surface area contributed by atoms with Gasteiger partial charge in [0.1, 0.15) is 11.5 Å². The van der Waals surface area contributed by atoms with Gasteiger partial charge in [0.05, 0.1) is 6.61 Å². The highest BCUT2D eigenvalue weighted by molar-refractivity contribution is 5.41. The Labute approximate surface area is 100 Å². The minimum atomic E-state index is 0.242. The third kappa shape index (κ3) is 1.86. The van der Waals surface area contributed by atoms with Crippen molar-refractivity contribution in [3.05, 3.63) is 59.7 Å². The summed E-state index contributed by atoms with van der Waals surface area (Å²) in [5, 5.41) is 9.86. The second-order valence-corrected chi connectivity index (χ2v) is 4.38. The number of para-hydroxylation sites is 2. The van der Waals surface area contributed by atoms with Crippen LogP contribution in [0.2, 0.25) is 0 Å². The molecular formula is C15H14O2. The summed E-state index contributed by atoms with van der Waals surface area (Å²) in [5.74, 6) is 1.57. The maximum atomic E-state index is 9.86. The molecule has 0 bridgehead atoms. The molecule has 1 heterocycles. The van der Waals surface area contributed by atoms with Crippen molar-refractivity contribution in [2.24, 2.45) is 0 Å². The Bertz CT molecular complexity index is 534. The van der Waals surface area contributed by atoms with E-state index in [0.717, 1.165) is 17.7 Å². The van der Waals surface area contributed by atoms with E-state index in [2.05, 4.69) is 6.07 Å². The van der Waals surface area contributed by atoms with Crippen LogP contribution in [0.5, 0.6) is 11.5 Å². The lowest BCUT2D eigenvalue weighted by atomic mass is 9.90. The van der Waals surface area contributed by atoms with Crippen molar-refractivity contribution in [1.82, 2.24) is 0 Å². The Balaban J connectivity index is 1.92. The normalized spacial score (nSPS) is 18.2. The van der Waals surface area contributed by atoms with Gasteiger partial charge in [0, 0.05) is 11.5 Å². The number of phenols is 1. The average Bonchev–Trinajstić information content (AvgIpc) is 2.39. The number of fused-ring (bicyclic) bond motifs is 1. The molecule has 1 N–H and O–H groups in total. The number of hydrogen-bond acceptors (Lipinski definition) is 2. The van der Waals surface area contributed by atoms with Gasteiger partial charge < -0.3 is 9.84 Å². The van der Waals surface area contributed by atoms with E-state index in [-0.39, 0.29) is 5.92 Å². The molecule has 2 aromatic carbocycles. The molecule has 0 saturated carbocycles. The van der Waals surface area contributed by atoms with Crippen molar-refractivity contribution < 1.29 is 9.84 Å². The second kappa shape index (κ2) is 4.13. The van der Waals surface area contributed by atoms with Crippen LogP contribution in [0.1, 0.15) is 17.0 Å². The summed E-state index contributed by atoms with van der Waals surface area (Å²) in [5.41, 5.74) is 2.19. The average molecular weight is 226 g/mol. The largest absolute Gasteiger partial charge is 0.508 e. The van der Waals surface area contributed by atoms with E-state index in [9.17, 15) is 5.11 Å². The summed E-state index contributed by atoms with van der Waals surface area (Å²) in [6, 6.07) is 15.6. The van der Waals surface area contributed by atoms with E-state index in [4.69, 9.17) is 4.74 Å². The molecule has 3 rings (SSSR count). The van der Waals surface area contributed by atoms with Crippen LogP contribution in [-0.2, 0) is 6.42 Å². The van der Waals surface area contributed by atoms with Crippen LogP contribution in [-0.4, -0.2) is 11.7 Å². The number of aromatic hydroxyl groups is 1. The molecule has 17 heavy (non-hydrogen) atoms. The molecule has 2 heteroatoms. The van der Waals surface area contributed by atoms with Crippen molar-refractivity contribution in [2.45, 2.75) is 12.3 Å². The zero-order valence-electron chi connectivity index (χ0n) is 9.47. The molecule has 0 amide bonds. The molecule has 0 aromatic heterocycles. The van der Waals surface area contributed by atoms with Gasteiger partial charge in [-0.15, -0.1) is 0 Å². The molecule has 0 saturated heterocycles. The van der Waals surface area contributed by atoms with Crippen LogP contribution in [0.4, 0.5) is 0 Å². The first-order chi connectivity index (χ1) is 8.34. The zero-order chi connectivity index (χ0) is 11.7. The molecule has 0 radical (unpaired) electrons. The summed E-state index contributed by atoms with van der Waals surface area (Å²) in [6.07, 6.45) is 0.924. The monoisotopic (exact) mass is 226 g/mol. The van der Waals surface area contributed by atoms with Gasteiger partial charge in [0.25, 0.3) is 0 Å². The molecule has 86 valence electrons. The number of ether oxygens (including phenoxy) is 1. The third-order valence-corrected chi connectivity index (χ3v) is 3.26. The van der Waals surface area contributed by atoms with Crippen molar-refractivity contribution in [3.8, 4) is 11.5 Å². The van der Waals surface area contributed by atoms with E-state index in [1.165, 1.54) is 5.56 Å². The SMILES string of the molecule is Oc1ccccc1C1COc2ccccc2C1. The van der Waals surface area contributed by atoms with Crippen molar-refractivity contribution in [3.63, 3.8) is 0 Å². The summed E-state index contributed by atoms with van der Waals surface area (Å²) >= 11 is 0. The van der Waals surface area contributed by atoms with E-state index >= 15 is 0 Å². The Morgan fingerprint density at radius 2 is 1.76 bits per heavy atom. The quantitative estimate of drug-likeness (QED) is 0.809. The van der Waals surface area contributed by atoms with Crippen LogP contribution >= 0.6 is 0 Å². The molecular weight excluding hydrogens is 212 g/mol. The fourth-order valence-corrected chi connectivity index (χ4v) is 2.36. The number of phenolic OH excluding ortho intramolecular Hbond substituents is 1. The maximum Gasteiger partial charge on any atom is 0.122 e. The number of rotatable bonds is 1. The predicted octanol–water partition coefficient (Wildman–Crippen LogP) is 3.11. The van der Waals surface area contributed by atoms with Crippen molar-refractivity contribution in [2.75, 3.05) is 6.61 Å².